The van der Waals surface area contributed by atoms with Crippen LogP contribution in [0.3, 0.4) is 0 Å². The fourth-order valence-corrected chi connectivity index (χ4v) is 4.49. The Morgan fingerprint density at radius 3 is 2.57 bits per heavy atom. The van der Waals surface area contributed by atoms with Crippen LogP contribution in [-0.4, -0.2) is 38.7 Å². The van der Waals surface area contributed by atoms with Crippen molar-refractivity contribution in [2.45, 2.75) is 26.2 Å². The van der Waals surface area contributed by atoms with E-state index < -0.39 is 23.8 Å². The van der Waals surface area contributed by atoms with Crippen LogP contribution in [-0.2, 0) is 23.9 Å². The van der Waals surface area contributed by atoms with Crippen LogP contribution in [0, 0.1) is 11.8 Å². The van der Waals surface area contributed by atoms with Crippen molar-refractivity contribution in [3.05, 3.63) is 46.3 Å². The zero-order valence-corrected chi connectivity index (χ0v) is 17.2. The van der Waals surface area contributed by atoms with Crippen molar-refractivity contribution in [2.24, 2.45) is 11.8 Å². The number of dihydropyridines is 1. The topological polar surface area (TPSA) is 100 Å². The Bertz CT molecular complexity index is 1010. The summed E-state index contributed by atoms with van der Waals surface area (Å²) in [5, 5.41) is 3.20. The van der Waals surface area contributed by atoms with Gasteiger partial charge < -0.3 is 24.3 Å². The Kier molecular flexibility index (Phi) is 5.01. The number of Topliss-reactive ketones (excluding diaryl/α,β-unsaturated/α-hetero) is 1. The molecule has 1 N–H and O–H groups in total. The van der Waals surface area contributed by atoms with Gasteiger partial charge in [-0.25, -0.2) is 4.79 Å². The highest BCUT2D eigenvalue weighted by Crippen LogP contribution is 2.47. The molecular formula is C22H23NO7. The smallest absolute Gasteiger partial charge is 0.336 e. The number of ketones is 1. The lowest BCUT2D eigenvalue weighted by Gasteiger charge is -2.38. The summed E-state index contributed by atoms with van der Waals surface area (Å²) in [6, 6.07) is 5.30. The maximum atomic E-state index is 13.5. The maximum absolute atomic E-state index is 13.5. The standard InChI is InChI=1S/C22H23NO7/c1-10-7-13-19(20(24)16(10)21(25)27-3)18(17(11(2)23-13)22(26)28-4)12-5-6-14-15(8-12)30-9-29-14/h5-6,8,10,16,18,23H,7,9H2,1-4H3/t10-,16+,18-/m1/s1. The summed E-state index contributed by atoms with van der Waals surface area (Å²) in [6.45, 7) is 3.73. The highest BCUT2D eigenvalue weighted by Gasteiger charge is 2.47. The largest absolute Gasteiger partial charge is 0.468 e. The molecule has 0 spiro atoms. The first kappa shape index (κ1) is 20.0. The van der Waals surface area contributed by atoms with Gasteiger partial charge in [0.05, 0.1) is 19.8 Å². The summed E-state index contributed by atoms with van der Waals surface area (Å²) in [5.74, 6) is -2.19. The van der Waals surface area contributed by atoms with Gasteiger partial charge in [-0.15, -0.1) is 0 Å². The van der Waals surface area contributed by atoms with Gasteiger partial charge in [0.15, 0.2) is 17.3 Å². The monoisotopic (exact) mass is 413 g/mol. The summed E-state index contributed by atoms with van der Waals surface area (Å²) < 4.78 is 20.8. The van der Waals surface area contributed by atoms with Crippen LogP contribution in [0.1, 0.15) is 31.7 Å². The molecule has 0 aromatic heterocycles. The molecule has 1 aromatic carbocycles. The van der Waals surface area contributed by atoms with Crippen molar-refractivity contribution < 1.29 is 33.3 Å². The van der Waals surface area contributed by atoms with Crippen molar-refractivity contribution in [2.75, 3.05) is 21.0 Å². The lowest BCUT2D eigenvalue weighted by molar-refractivity contribution is -0.151. The van der Waals surface area contributed by atoms with Gasteiger partial charge >= 0.3 is 11.9 Å². The molecule has 2 aliphatic heterocycles. The van der Waals surface area contributed by atoms with Gasteiger partial charge in [0.2, 0.25) is 6.79 Å². The van der Waals surface area contributed by atoms with E-state index in [-0.39, 0.29) is 18.5 Å². The number of fused-ring (bicyclic) bond motifs is 1. The Labute approximate surface area is 173 Å². The number of ether oxygens (including phenoxy) is 4. The molecule has 0 unspecified atom stereocenters. The van der Waals surface area contributed by atoms with Gasteiger partial charge in [-0.2, -0.15) is 0 Å². The average molecular weight is 413 g/mol. The van der Waals surface area contributed by atoms with E-state index in [0.717, 1.165) is 0 Å². The minimum atomic E-state index is -0.927. The third kappa shape index (κ3) is 3.03. The molecule has 30 heavy (non-hydrogen) atoms. The predicted octanol–water partition coefficient (Wildman–Crippen LogP) is 2.20. The van der Waals surface area contributed by atoms with Gasteiger partial charge in [0, 0.05) is 22.9 Å². The first-order valence-corrected chi connectivity index (χ1v) is 9.68. The van der Waals surface area contributed by atoms with E-state index in [2.05, 4.69) is 5.32 Å². The molecule has 4 rings (SSSR count). The van der Waals surface area contributed by atoms with E-state index in [1.54, 1.807) is 25.1 Å². The maximum Gasteiger partial charge on any atom is 0.336 e. The summed E-state index contributed by atoms with van der Waals surface area (Å²) >= 11 is 0. The summed E-state index contributed by atoms with van der Waals surface area (Å²) in [5.41, 5.74) is 2.70. The summed E-state index contributed by atoms with van der Waals surface area (Å²) in [7, 11) is 2.57. The second-order valence-corrected chi connectivity index (χ2v) is 7.64. The zero-order chi connectivity index (χ0) is 21.6. The Morgan fingerprint density at radius 2 is 1.87 bits per heavy atom. The molecule has 0 bridgehead atoms. The Morgan fingerprint density at radius 1 is 1.13 bits per heavy atom. The van der Waals surface area contributed by atoms with Gasteiger partial charge in [-0.1, -0.05) is 13.0 Å². The van der Waals surface area contributed by atoms with E-state index >= 15 is 0 Å². The molecule has 158 valence electrons. The molecule has 3 aliphatic rings. The number of nitrogens with one attached hydrogen (secondary N) is 1. The SMILES string of the molecule is COC(=O)C1=C(C)NC2=C(C(=O)[C@@H](C(=O)OC)[C@H](C)C2)[C@@H]1c1ccc2c(c1)OCO2. The first-order chi connectivity index (χ1) is 14.4. The number of carbonyl (C=O) groups is 3. The number of esters is 2. The van der Waals surface area contributed by atoms with Gasteiger partial charge in [0.1, 0.15) is 5.92 Å². The molecule has 0 amide bonds. The van der Waals surface area contributed by atoms with Crippen molar-refractivity contribution in [3.63, 3.8) is 0 Å². The summed E-state index contributed by atoms with van der Waals surface area (Å²) in [6.07, 6.45) is 0.480. The number of hydrogen-bond acceptors (Lipinski definition) is 8. The van der Waals surface area contributed by atoms with Crippen molar-refractivity contribution in [1.82, 2.24) is 5.32 Å². The molecule has 3 atom stereocenters. The minimum Gasteiger partial charge on any atom is -0.468 e. The fourth-order valence-electron chi connectivity index (χ4n) is 4.49. The molecule has 1 aliphatic carbocycles. The van der Waals surface area contributed by atoms with Crippen LogP contribution in [0.4, 0.5) is 0 Å². The van der Waals surface area contributed by atoms with E-state index in [1.165, 1.54) is 14.2 Å². The van der Waals surface area contributed by atoms with Gasteiger partial charge in [0.25, 0.3) is 0 Å². The molecule has 0 saturated carbocycles. The van der Waals surface area contributed by atoms with Crippen LogP contribution in [0.25, 0.3) is 0 Å². The van der Waals surface area contributed by atoms with Crippen LogP contribution in [0.2, 0.25) is 0 Å². The second-order valence-electron chi connectivity index (χ2n) is 7.64. The average Bonchev–Trinajstić information content (AvgIpc) is 3.19. The van der Waals surface area contributed by atoms with Crippen molar-refractivity contribution >= 4 is 17.7 Å². The highest BCUT2D eigenvalue weighted by molar-refractivity contribution is 6.12. The molecule has 0 radical (unpaired) electrons. The lowest BCUT2D eigenvalue weighted by atomic mass is 9.69. The van der Waals surface area contributed by atoms with E-state index in [9.17, 15) is 14.4 Å². The first-order valence-electron chi connectivity index (χ1n) is 9.68. The molecule has 8 nitrogen and oxygen atoms in total. The van der Waals surface area contributed by atoms with Gasteiger partial charge in [-0.3, -0.25) is 9.59 Å². The zero-order valence-electron chi connectivity index (χ0n) is 17.2. The van der Waals surface area contributed by atoms with Crippen LogP contribution in [0.5, 0.6) is 11.5 Å². The Balaban J connectivity index is 1.88. The predicted molar refractivity (Wildman–Crippen MR) is 104 cm³/mol. The third-order valence-electron chi connectivity index (χ3n) is 5.88. The van der Waals surface area contributed by atoms with Crippen LogP contribution >= 0.6 is 0 Å². The van der Waals surface area contributed by atoms with Crippen molar-refractivity contribution in [3.8, 4) is 11.5 Å². The highest BCUT2D eigenvalue weighted by atomic mass is 16.7. The van der Waals surface area contributed by atoms with E-state index in [4.69, 9.17) is 18.9 Å². The second kappa shape index (κ2) is 7.51. The molecule has 8 heteroatoms. The van der Waals surface area contributed by atoms with E-state index in [1.807, 2.05) is 6.92 Å². The quantitative estimate of drug-likeness (QED) is 0.595. The third-order valence-corrected chi connectivity index (χ3v) is 5.88. The Hall–Kier alpha value is -3.29. The normalized spacial score (nSPS) is 24.9. The lowest BCUT2D eigenvalue weighted by Crippen LogP contribution is -2.43. The number of carbonyl (C=O) groups excluding carboxylic acids is 3. The number of hydrogen-bond donors (Lipinski definition) is 1. The number of rotatable bonds is 3. The molecule has 2 heterocycles. The number of allylic oxidation sites excluding steroid dienone is 3. The van der Waals surface area contributed by atoms with Crippen LogP contribution in [0.15, 0.2) is 40.7 Å². The number of methoxy groups -OCH3 is 2. The van der Waals surface area contributed by atoms with Gasteiger partial charge in [-0.05, 0) is 37.0 Å². The van der Waals surface area contributed by atoms with Crippen LogP contribution < -0.4 is 14.8 Å². The molecule has 1 aromatic rings. The molecular weight excluding hydrogens is 390 g/mol. The van der Waals surface area contributed by atoms with Crippen molar-refractivity contribution in [1.29, 1.82) is 0 Å². The van der Waals surface area contributed by atoms with E-state index in [0.29, 0.717) is 46.0 Å². The number of benzene rings is 1. The molecule has 0 fully saturated rings. The fraction of sp³-hybridized carbons (Fsp3) is 0.409. The molecule has 0 saturated heterocycles. The summed E-state index contributed by atoms with van der Waals surface area (Å²) in [4.78, 5) is 38.6. The minimum absolute atomic E-state index is 0.110.